The van der Waals surface area contributed by atoms with E-state index in [-0.39, 0.29) is 0 Å². The highest BCUT2D eigenvalue weighted by Gasteiger charge is 2.06. The predicted molar refractivity (Wildman–Crippen MR) is 55.0 cm³/mol. The van der Waals surface area contributed by atoms with Crippen molar-refractivity contribution in [2.24, 2.45) is 0 Å². The highest BCUT2D eigenvalue weighted by molar-refractivity contribution is 6.29. The topological polar surface area (TPSA) is 25.8 Å². The molecule has 0 saturated carbocycles. The molecule has 0 fully saturated rings. The molecule has 1 atom stereocenters. The Labute approximate surface area is 84.4 Å². The van der Waals surface area contributed by atoms with Gasteiger partial charge in [0.05, 0.1) is 11.9 Å². The van der Waals surface area contributed by atoms with Crippen LogP contribution in [0.25, 0.3) is 0 Å². The molecule has 0 aliphatic rings. The van der Waals surface area contributed by atoms with E-state index in [1.165, 1.54) is 12.8 Å². The average Bonchev–Trinajstić information content (AvgIpc) is 2.14. The van der Waals surface area contributed by atoms with Crippen molar-refractivity contribution < 1.29 is 0 Å². The molecule has 3 heteroatoms. The zero-order valence-electron chi connectivity index (χ0n) is 8.13. The molecule has 1 aromatic heterocycles. The second kappa shape index (κ2) is 5.18. The lowest BCUT2D eigenvalue weighted by molar-refractivity contribution is 0.609. The zero-order chi connectivity index (χ0) is 9.68. The normalized spacial score (nSPS) is 12.8. The zero-order valence-corrected chi connectivity index (χ0v) is 8.88. The summed E-state index contributed by atoms with van der Waals surface area (Å²) in [6.07, 6.45) is 6.98. The third-order valence-corrected chi connectivity index (χ3v) is 2.30. The minimum absolute atomic E-state index is 0.464. The van der Waals surface area contributed by atoms with Gasteiger partial charge in [-0.25, -0.2) is 4.98 Å². The molecule has 0 spiro atoms. The van der Waals surface area contributed by atoms with Crippen molar-refractivity contribution in [3.63, 3.8) is 0 Å². The van der Waals surface area contributed by atoms with Crippen LogP contribution in [0.2, 0.25) is 5.15 Å². The maximum Gasteiger partial charge on any atom is 0.147 e. The average molecular weight is 199 g/mol. The molecule has 0 saturated heterocycles. The molecule has 72 valence electrons. The summed E-state index contributed by atoms with van der Waals surface area (Å²) >= 11 is 5.75. The number of aromatic nitrogens is 2. The number of hydrogen-bond donors (Lipinski definition) is 0. The molecular weight excluding hydrogens is 184 g/mol. The quantitative estimate of drug-likeness (QED) is 0.741. The Morgan fingerprint density at radius 3 is 2.85 bits per heavy atom. The molecular formula is C10H15ClN2. The fourth-order valence-corrected chi connectivity index (χ4v) is 1.41. The van der Waals surface area contributed by atoms with E-state index in [0.29, 0.717) is 11.1 Å². The van der Waals surface area contributed by atoms with E-state index in [4.69, 9.17) is 11.6 Å². The van der Waals surface area contributed by atoms with Crippen LogP contribution >= 0.6 is 11.6 Å². The molecule has 1 aromatic rings. The van der Waals surface area contributed by atoms with Crippen molar-refractivity contribution in [1.29, 1.82) is 0 Å². The maximum absolute atomic E-state index is 5.75. The van der Waals surface area contributed by atoms with E-state index < -0.39 is 0 Å². The number of rotatable bonds is 4. The summed E-state index contributed by atoms with van der Waals surface area (Å²) in [5.41, 5.74) is 1.00. The van der Waals surface area contributed by atoms with E-state index >= 15 is 0 Å². The molecule has 0 N–H and O–H groups in total. The van der Waals surface area contributed by atoms with Gasteiger partial charge in [-0.05, 0) is 12.3 Å². The third-order valence-electron chi connectivity index (χ3n) is 2.12. The fraction of sp³-hybridized carbons (Fsp3) is 0.600. The van der Waals surface area contributed by atoms with Crippen LogP contribution in [-0.4, -0.2) is 9.97 Å². The summed E-state index contributed by atoms with van der Waals surface area (Å²) in [7, 11) is 0. The first-order chi connectivity index (χ1) is 6.24. The van der Waals surface area contributed by atoms with Crippen molar-refractivity contribution >= 4 is 11.6 Å². The molecule has 1 rings (SSSR count). The van der Waals surface area contributed by atoms with E-state index in [1.807, 2.05) is 0 Å². The summed E-state index contributed by atoms with van der Waals surface area (Å²) in [4.78, 5) is 8.25. The van der Waals surface area contributed by atoms with Gasteiger partial charge in [0.15, 0.2) is 0 Å². The number of halogens is 1. The molecule has 0 amide bonds. The van der Waals surface area contributed by atoms with Crippen LogP contribution in [0, 0.1) is 0 Å². The Balaban J connectivity index is 2.60. The summed E-state index contributed by atoms with van der Waals surface area (Å²) < 4.78 is 0. The number of unbranched alkanes of at least 4 members (excludes halogenated alkanes) is 1. The van der Waals surface area contributed by atoms with E-state index in [1.54, 1.807) is 12.4 Å². The third kappa shape index (κ3) is 3.31. The van der Waals surface area contributed by atoms with Gasteiger partial charge in [0.2, 0.25) is 0 Å². The lowest BCUT2D eigenvalue weighted by Gasteiger charge is -2.08. The Bertz CT molecular complexity index is 263. The largest absolute Gasteiger partial charge is 0.260 e. The van der Waals surface area contributed by atoms with Crippen LogP contribution in [0.4, 0.5) is 0 Å². The van der Waals surface area contributed by atoms with Gasteiger partial charge in [-0.2, -0.15) is 0 Å². The summed E-state index contributed by atoms with van der Waals surface area (Å²) in [5.74, 6) is 0.464. The van der Waals surface area contributed by atoms with Crippen LogP contribution in [0.3, 0.4) is 0 Å². The molecule has 1 unspecified atom stereocenters. The summed E-state index contributed by atoms with van der Waals surface area (Å²) in [6.45, 7) is 4.35. The highest BCUT2D eigenvalue weighted by atomic mass is 35.5. The fourth-order valence-electron chi connectivity index (χ4n) is 1.25. The smallest absolute Gasteiger partial charge is 0.147 e. The molecule has 0 aliphatic carbocycles. The lowest BCUT2D eigenvalue weighted by atomic mass is 10.0. The molecule has 13 heavy (non-hydrogen) atoms. The van der Waals surface area contributed by atoms with Crippen molar-refractivity contribution in [2.75, 3.05) is 0 Å². The van der Waals surface area contributed by atoms with Crippen LogP contribution in [-0.2, 0) is 0 Å². The minimum atomic E-state index is 0.464. The van der Waals surface area contributed by atoms with Crippen LogP contribution in [0.5, 0.6) is 0 Å². The van der Waals surface area contributed by atoms with Gasteiger partial charge in [0.1, 0.15) is 5.15 Å². The molecule has 2 nitrogen and oxygen atoms in total. The highest BCUT2D eigenvalue weighted by Crippen LogP contribution is 2.19. The molecule has 0 aliphatic heterocycles. The molecule has 0 aromatic carbocycles. The van der Waals surface area contributed by atoms with Crippen LogP contribution in [0.1, 0.15) is 44.7 Å². The van der Waals surface area contributed by atoms with Crippen LogP contribution in [0.15, 0.2) is 12.4 Å². The minimum Gasteiger partial charge on any atom is -0.260 e. The van der Waals surface area contributed by atoms with Gasteiger partial charge in [0, 0.05) is 6.20 Å². The second-order valence-electron chi connectivity index (χ2n) is 3.31. The molecule has 1 heterocycles. The first-order valence-corrected chi connectivity index (χ1v) is 5.09. The van der Waals surface area contributed by atoms with Gasteiger partial charge in [0.25, 0.3) is 0 Å². The van der Waals surface area contributed by atoms with Crippen molar-refractivity contribution in [3.05, 3.63) is 23.2 Å². The van der Waals surface area contributed by atoms with Gasteiger partial charge < -0.3 is 0 Å². The monoisotopic (exact) mass is 198 g/mol. The number of nitrogens with zero attached hydrogens (tertiary/aromatic N) is 2. The molecule has 0 radical (unpaired) electrons. The van der Waals surface area contributed by atoms with Crippen molar-refractivity contribution in [3.8, 4) is 0 Å². The van der Waals surface area contributed by atoms with Gasteiger partial charge in [-0.1, -0.05) is 38.3 Å². The lowest BCUT2D eigenvalue weighted by Crippen LogP contribution is -1.98. The Morgan fingerprint density at radius 2 is 2.23 bits per heavy atom. The first kappa shape index (κ1) is 10.5. The van der Waals surface area contributed by atoms with Gasteiger partial charge in [-0.3, -0.25) is 4.98 Å². The van der Waals surface area contributed by atoms with E-state index in [9.17, 15) is 0 Å². The Kier molecular flexibility index (Phi) is 4.16. The Hall–Kier alpha value is -0.630. The first-order valence-electron chi connectivity index (χ1n) is 4.71. The Morgan fingerprint density at radius 1 is 1.46 bits per heavy atom. The van der Waals surface area contributed by atoms with Gasteiger partial charge >= 0.3 is 0 Å². The standard InChI is InChI=1S/C10H15ClN2/c1-3-4-5-8(2)9-6-12-7-10(11)13-9/h6-8H,3-5H2,1-2H3. The summed E-state index contributed by atoms with van der Waals surface area (Å²) in [5, 5.41) is 0.487. The van der Waals surface area contributed by atoms with E-state index in [0.717, 1.165) is 12.1 Å². The van der Waals surface area contributed by atoms with Crippen molar-refractivity contribution in [1.82, 2.24) is 9.97 Å². The number of hydrogen-bond acceptors (Lipinski definition) is 2. The van der Waals surface area contributed by atoms with Gasteiger partial charge in [-0.15, -0.1) is 0 Å². The molecule has 0 bridgehead atoms. The van der Waals surface area contributed by atoms with E-state index in [2.05, 4.69) is 23.8 Å². The SMILES string of the molecule is CCCCC(C)c1cncc(Cl)n1. The second-order valence-corrected chi connectivity index (χ2v) is 3.70. The summed E-state index contributed by atoms with van der Waals surface area (Å²) in [6, 6.07) is 0. The van der Waals surface area contributed by atoms with Crippen LogP contribution < -0.4 is 0 Å². The van der Waals surface area contributed by atoms with Crippen molar-refractivity contribution in [2.45, 2.75) is 39.0 Å². The maximum atomic E-state index is 5.75. The predicted octanol–water partition coefficient (Wildman–Crippen LogP) is 3.42.